The maximum Gasteiger partial charge on any atom is 0.270 e. The summed E-state index contributed by atoms with van der Waals surface area (Å²) in [5.74, 6) is -0.00269. The van der Waals surface area contributed by atoms with Gasteiger partial charge < -0.3 is 16.0 Å². The molecule has 2 heterocycles. The lowest BCUT2D eigenvalue weighted by atomic mass is 9.83. The molecule has 1 aromatic heterocycles. The Bertz CT molecular complexity index is 1350. The molecule has 11 heteroatoms. The Labute approximate surface area is 272 Å². The molecule has 2 bridgehead atoms. The largest absolute Gasteiger partial charge is 0.377 e. The van der Waals surface area contributed by atoms with Gasteiger partial charge in [-0.3, -0.25) is 29.2 Å². The molecule has 1 aliphatic heterocycles. The zero-order valence-electron chi connectivity index (χ0n) is 27.4. The number of aryl methyl sites for hydroxylation is 1. The first-order chi connectivity index (χ1) is 22.2. The van der Waals surface area contributed by atoms with Gasteiger partial charge in [-0.2, -0.15) is 5.10 Å². The van der Waals surface area contributed by atoms with Crippen LogP contribution in [0.1, 0.15) is 86.3 Å². The number of piperidine rings is 1. The topological polar surface area (TPSA) is 132 Å². The second-order valence-corrected chi connectivity index (χ2v) is 13.4. The predicted molar refractivity (Wildman–Crippen MR) is 176 cm³/mol. The van der Waals surface area contributed by atoms with Crippen LogP contribution in [0.4, 0.5) is 0 Å². The SMILES string of the molecule is C=C(CC)N[C@H](Cc1ccc(CNC(=O)[C@@H](NC(=O)c2ccnn2C)C2CCCCC2)cc1)C(=O)N(O)CCN1C[C@@H]2CC[C@H]1C2. The molecule has 0 spiro atoms. The lowest BCUT2D eigenvalue weighted by Crippen LogP contribution is -2.51. The van der Waals surface area contributed by atoms with E-state index in [1.807, 2.05) is 31.2 Å². The zero-order chi connectivity index (χ0) is 32.6. The van der Waals surface area contributed by atoms with E-state index < -0.39 is 12.1 Å². The van der Waals surface area contributed by atoms with E-state index in [1.165, 1.54) is 23.9 Å². The van der Waals surface area contributed by atoms with Gasteiger partial charge in [0.1, 0.15) is 17.8 Å². The molecular weight excluding hydrogens is 582 g/mol. The van der Waals surface area contributed by atoms with Crippen LogP contribution in [0.5, 0.6) is 0 Å². The highest BCUT2D eigenvalue weighted by Crippen LogP contribution is 2.37. The van der Waals surface area contributed by atoms with E-state index in [0.717, 1.165) is 66.5 Å². The van der Waals surface area contributed by atoms with Crippen molar-refractivity contribution in [3.63, 3.8) is 0 Å². The fourth-order valence-electron chi connectivity index (χ4n) is 7.37. The van der Waals surface area contributed by atoms with Gasteiger partial charge in [-0.1, -0.05) is 57.0 Å². The molecular formula is C35H51N7O4. The zero-order valence-corrected chi connectivity index (χ0v) is 27.4. The molecule has 4 N–H and O–H groups in total. The van der Waals surface area contributed by atoms with Gasteiger partial charge in [-0.15, -0.1) is 0 Å². The van der Waals surface area contributed by atoms with E-state index in [0.29, 0.717) is 37.7 Å². The van der Waals surface area contributed by atoms with E-state index in [9.17, 15) is 19.6 Å². The van der Waals surface area contributed by atoms with Gasteiger partial charge in [-0.25, -0.2) is 5.06 Å². The van der Waals surface area contributed by atoms with Gasteiger partial charge in [0, 0.05) is 51.0 Å². The van der Waals surface area contributed by atoms with Crippen molar-refractivity contribution in [2.75, 3.05) is 19.6 Å². The van der Waals surface area contributed by atoms with Crippen LogP contribution in [0.25, 0.3) is 0 Å². The van der Waals surface area contributed by atoms with Crippen molar-refractivity contribution in [2.45, 2.75) is 95.8 Å². The number of carbonyl (C=O) groups is 3. The third-order valence-electron chi connectivity index (χ3n) is 10.2. The van der Waals surface area contributed by atoms with Crippen molar-refractivity contribution >= 4 is 17.7 Å². The summed E-state index contributed by atoms with van der Waals surface area (Å²) in [4.78, 5) is 42.2. The van der Waals surface area contributed by atoms with Crippen molar-refractivity contribution in [1.29, 1.82) is 0 Å². The summed E-state index contributed by atoms with van der Waals surface area (Å²) >= 11 is 0. The number of hydrogen-bond acceptors (Lipinski definition) is 7. The standard InChI is InChI=1S/C35H51N7O4/c1-4-24(2)38-30(35(45)42(46)19-18-41-23-27-14-15-29(41)20-27)21-25-10-12-26(13-11-25)22-36-34(44)32(28-8-6-5-7-9-28)39-33(43)31-16-17-37-40(31)3/h10-13,16-17,27-30,32,38,46H,2,4-9,14-15,18-23H2,1,3H3,(H,36,44)(H,39,43)/t27-,29+,30-,32+/m1/s1. The molecule has 2 saturated carbocycles. The Morgan fingerprint density at radius 1 is 1.04 bits per heavy atom. The van der Waals surface area contributed by atoms with Crippen LogP contribution < -0.4 is 16.0 Å². The fraction of sp³-hybridized carbons (Fsp3) is 0.600. The maximum atomic E-state index is 13.4. The average Bonchev–Trinajstić information content (AvgIpc) is 3.83. The smallest absolute Gasteiger partial charge is 0.270 e. The number of nitrogens with one attached hydrogen (secondary N) is 3. The van der Waals surface area contributed by atoms with E-state index in [-0.39, 0.29) is 30.2 Å². The lowest BCUT2D eigenvalue weighted by molar-refractivity contribution is -0.168. The molecule has 3 amide bonds. The van der Waals surface area contributed by atoms with Crippen LogP contribution in [0, 0.1) is 11.8 Å². The molecule has 1 aromatic carbocycles. The quantitative estimate of drug-likeness (QED) is 0.174. The first-order valence-corrected chi connectivity index (χ1v) is 17.0. The summed E-state index contributed by atoms with van der Waals surface area (Å²) in [6.07, 6.45) is 11.4. The van der Waals surface area contributed by atoms with Gasteiger partial charge in [-0.05, 0) is 67.6 Å². The minimum absolute atomic E-state index is 0.0877. The fourth-order valence-corrected chi connectivity index (χ4v) is 7.37. The summed E-state index contributed by atoms with van der Waals surface area (Å²) in [6, 6.07) is 8.75. The number of benzene rings is 1. The van der Waals surface area contributed by atoms with E-state index in [4.69, 9.17) is 0 Å². The van der Waals surface area contributed by atoms with Crippen LogP contribution in [-0.4, -0.2) is 80.4 Å². The number of rotatable bonds is 15. The Hall–Kier alpha value is -3.70. The molecule has 0 radical (unpaired) electrons. The van der Waals surface area contributed by atoms with Gasteiger partial charge in [0.15, 0.2) is 0 Å². The molecule has 5 rings (SSSR count). The summed E-state index contributed by atoms with van der Waals surface area (Å²) < 4.78 is 1.51. The minimum Gasteiger partial charge on any atom is -0.377 e. The molecule has 3 aliphatic rings. The molecule has 2 aromatic rings. The van der Waals surface area contributed by atoms with Crippen LogP contribution in [0.3, 0.4) is 0 Å². The first-order valence-electron chi connectivity index (χ1n) is 17.0. The second kappa shape index (κ2) is 15.7. The highest BCUT2D eigenvalue weighted by Gasteiger charge is 2.38. The normalized spacial score (nSPS) is 21.0. The molecule has 46 heavy (non-hydrogen) atoms. The predicted octanol–water partition coefficient (Wildman–Crippen LogP) is 3.54. The number of allylic oxidation sites excluding steroid dienone is 1. The summed E-state index contributed by atoms with van der Waals surface area (Å²) in [6.45, 7) is 8.35. The van der Waals surface area contributed by atoms with Crippen molar-refractivity contribution in [3.05, 3.63) is 65.6 Å². The lowest BCUT2D eigenvalue weighted by Gasteiger charge is -2.30. The molecule has 4 atom stereocenters. The van der Waals surface area contributed by atoms with Crippen LogP contribution in [0.2, 0.25) is 0 Å². The monoisotopic (exact) mass is 633 g/mol. The maximum absolute atomic E-state index is 13.4. The van der Waals surface area contributed by atoms with E-state index in [1.54, 1.807) is 19.3 Å². The Morgan fingerprint density at radius 3 is 2.41 bits per heavy atom. The number of hydrogen-bond donors (Lipinski definition) is 4. The highest BCUT2D eigenvalue weighted by molar-refractivity contribution is 5.96. The Kier molecular flexibility index (Phi) is 11.5. The Balaban J connectivity index is 1.16. The summed E-state index contributed by atoms with van der Waals surface area (Å²) in [5.41, 5.74) is 3.00. The van der Waals surface area contributed by atoms with Gasteiger partial charge >= 0.3 is 0 Å². The first kappa shape index (κ1) is 33.7. The van der Waals surface area contributed by atoms with Gasteiger partial charge in [0.25, 0.3) is 11.8 Å². The molecule has 2 aliphatic carbocycles. The Morgan fingerprint density at radius 2 is 1.78 bits per heavy atom. The number of hydroxylamine groups is 2. The van der Waals surface area contributed by atoms with Crippen LogP contribution in [-0.2, 0) is 29.6 Å². The number of amides is 3. The van der Waals surface area contributed by atoms with E-state index >= 15 is 0 Å². The van der Waals surface area contributed by atoms with Crippen molar-refractivity contribution in [2.24, 2.45) is 18.9 Å². The number of aromatic nitrogens is 2. The summed E-state index contributed by atoms with van der Waals surface area (Å²) in [5, 5.41) is 24.9. The number of nitrogens with zero attached hydrogens (tertiary/aromatic N) is 4. The van der Waals surface area contributed by atoms with E-state index in [2.05, 4.69) is 32.5 Å². The molecule has 1 saturated heterocycles. The van der Waals surface area contributed by atoms with Crippen molar-refractivity contribution < 1.29 is 19.6 Å². The van der Waals surface area contributed by atoms with Crippen LogP contribution in [0.15, 0.2) is 48.8 Å². The average molecular weight is 634 g/mol. The van der Waals surface area contributed by atoms with Gasteiger partial charge in [0.05, 0.1) is 6.54 Å². The second-order valence-electron chi connectivity index (χ2n) is 13.4. The van der Waals surface area contributed by atoms with Crippen LogP contribution >= 0.6 is 0 Å². The third-order valence-corrected chi connectivity index (χ3v) is 10.2. The number of carbonyl (C=O) groups excluding carboxylic acids is 3. The molecule has 3 fully saturated rings. The minimum atomic E-state index is -0.641. The highest BCUT2D eigenvalue weighted by atomic mass is 16.5. The molecule has 11 nitrogen and oxygen atoms in total. The number of likely N-dealkylation sites (tertiary alicyclic amines) is 1. The van der Waals surface area contributed by atoms with Gasteiger partial charge in [0.2, 0.25) is 5.91 Å². The molecule has 250 valence electrons. The van der Waals surface area contributed by atoms with Crippen molar-refractivity contribution in [1.82, 2.24) is 35.7 Å². The summed E-state index contributed by atoms with van der Waals surface area (Å²) in [7, 11) is 1.71. The molecule has 0 unspecified atom stereocenters. The number of fused-ring (bicyclic) bond motifs is 2. The van der Waals surface area contributed by atoms with Crippen molar-refractivity contribution in [3.8, 4) is 0 Å². The third kappa shape index (κ3) is 8.55.